The van der Waals surface area contributed by atoms with E-state index in [4.69, 9.17) is 9.47 Å². The van der Waals surface area contributed by atoms with Gasteiger partial charge in [0.05, 0.1) is 6.42 Å². The van der Waals surface area contributed by atoms with Gasteiger partial charge in [0.2, 0.25) is 5.91 Å². The summed E-state index contributed by atoms with van der Waals surface area (Å²) in [6.07, 6.45) is 3.49. The molecule has 3 rings (SSSR count). The molecule has 2 heterocycles. The Morgan fingerprint density at radius 2 is 2.00 bits per heavy atom. The average molecular weight is 331 g/mol. The molecule has 0 spiro atoms. The Bertz CT molecular complexity index is 640. The highest BCUT2D eigenvalue weighted by molar-refractivity contribution is 7.10. The SMILES string of the molecule is O=C(Cc1cccs1)NCCCCc1ccc2c(c1)OCCO2. The van der Waals surface area contributed by atoms with Crippen LogP contribution >= 0.6 is 11.3 Å². The molecule has 0 fully saturated rings. The Kier molecular flexibility index (Phi) is 5.53. The second-order valence-electron chi connectivity index (χ2n) is 5.54. The molecule has 4 nitrogen and oxygen atoms in total. The molecule has 0 atom stereocenters. The molecule has 5 heteroatoms. The van der Waals surface area contributed by atoms with Crippen LogP contribution in [-0.2, 0) is 17.6 Å². The van der Waals surface area contributed by atoms with E-state index in [2.05, 4.69) is 17.4 Å². The largest absolute Gasteiger partial charge is 0.486 e. The number of nitrogens with one attached hydrogen (secondary N) is 1. The monoisotopic (exact) mass is 331 g/mol. The molecule has 1 aromatic heterocycles. The summed E-state index contributed by atoms with van der Waals surface area (Å²) in [5.74, 6) is 1.78. The standard InChI is InChI=1S/C18H21NO3S/c20-18(13-15-5-3-11-23-15)19-8-2-1-4-14-6-7-16-17(12-14)22-10-9-21-16/h3,5-7,11-12H,1-2,4,8-10,13H2,(H,19,20). The molecule has 0 unspecified atom stereocenters. The number of fused-ring (bicyclic) bond motifs is 1. The van der Waals surface area contributed by atoms with Gasteiger partial charge in [-0.3, -0.25) is 4.79 Å². The Morgan fingerprint density at radius 3 is 2.83 bits per heavy atom. The predicted molar refractivity (Wildman–Crippen MR) is 91.4 cm³/mol. The summed E-state index contributed by atoms with van der Waals surface area (Å²) >= 11 is 1.62. The van der Waals surface area contributed by atoms with Crippen molar-refractivity contribution in [1.82, 2.24) is 5.32 Å². The molecule has 0 aliphatic carbocycles. The van der Waals surface area contributed by atoms with Gasteiger partial charge in [0, 0.05) is 11.4 Å². The number of rotatable bonds is 7. The maximum atomic E-state index is 11.8. The molecule has 1 aliphatic heterocycles. The van der Waals surface area contributed by atoms with Gasteiger partial charge in [0.15, 0.2) is 11.5 Å². The van der Waals surface area contributed by atoms with Gasteiger partial charge in [-0.1, -0.05) is 12.1 Å². The number of hydrogen-bond acceptors (Lipinski definition) is 4. The van der Waals surface area contributed by atoms with Crippen LogP contribution in [0.4, 0.5) is 0 Å². The predicted octanol–water partition coefficient (Wildman–Crippen LogP) is 3.20. The summed E-state index contributed by atoms with van der Waals surface area (Å²) in [7, 11) is 0. The van der Waals surface area contributed by atoms with E-state index < -0.39 is 0 Å². The summed E-state index contributed by atoms with van der Waals surface area (Å²) < 4.78 is 11.1. The van der Waals surface area contributed by atoms with Crippen LogP contribution in [0.25, 0.3) is 0 Å². The van der Waals surface area contributed by atoms with Crippen molar-refractivity contribution >= 4 is 17.2 Å². The average Bonchev–Trinajstić information content (AvgIpc) is 3.07. The van der Waals surface area contributed by atoms with Crippen LogP contribution in [-0.4, -0.2) is 25.7 Å². The number of unbranched alkanes of at least 4 members (excludes halogenated alkanes) is 1. The first kappa shape index (κ1) is 15.9. The Balaban J connectivity index is 1.34. The Hall–Kier alpha value is -2.01. The number of aryl methyl sites for hydroxylation is 1. The number of carbonyl (C=O) groups excluding carboxylic acids is 1. The van der Waals surface area contributed by atoms with Crippen LogP contribution in [0.2, 0.25) is 0 Å². The number of amides is 1. The van der Waals surface area contributed by atoms with Crippen LogP contribution in [0.5, 0.6) is 11.5 Å². The van der Waals surface area contributed by atoms with Crippen molar-refractivity contribution in [3.63, 3.8) is 0 Å². The van der Waals surface area contributed by atoms with Crippen molar-refractivity contribution in [1.29, 1.82) is 0 Å². The van der Waals surface area contributed by atoms with E-state index in [0.717, 1.165) is 42.2 Å². The van der Waals surface area contributed by atoms with Gasteiger partial charge in [-0.05, 0) is 48.4 Å². The van der Waals surface area contributed by atoms with E-state index in [1.54, 1.807) is 11.3 Å². The zero-order valence-corrected chi connectivity index (χ0v) is 13.9. The number of ether oxygens (including phenoxy) is 2. The number of carbonyl (C=O) groups is 1. The van der Waals surface area contributed by atoms with Crippen molar-refractivity contribution in [3.8, 4) is 11.5 Å². The molecule has 23 heavy (non-hydrogen) atoms. The molecule has 2 aromatic rings. The first-order valence-corrected chi connectivity index (χ1v) is 8.87. The van der Waals surface area contributed by atoms with Gasteiger partial charge in [-0.25, -0.2) is 0 Å². The summed E-state index contributed by atoms with van der Waals surface area (Å²) in [4.78, 5) is 12.9. The quantitative estimate of drug-likeness (QED) is 0.793. The molecule has 122 valence electrons. The van der Waals surface area contributed by atoms with E-state index in [1.807, 2.05) is 23.6 Å². The van der Waals surface area contributed by atoms with E-state index in [1.165, 1.54) is 5.56 Å². The van der Waals surface area contributed by atoms with Gasteiger partial charge >= 0.3 is 0 Å². The van der Waals surface area contributed by atoms with Crippen LogP contribution in [0.3, 0.4) is 0 Å². The fraction of sp³-hybridized carbons (Fsp3) is 0.389. The lowest BCUT2D eigenvalue weighted by Crippen LogP contribution is -2.25. The number of benzene rings is 1. The molecule has 0 bridgehead atoms. The minimum atomic E-state index is 0.103. The maximum Gasteiger partial charge on any atom is 0.225 e. The highest BCUT2D eigenvalue weighted by Gasteiger charge is 2.11. The van der Waals surface area contributed by atoms with Gasteiger partial charge in [0.1, 0.15) is 13.2 Å². The molecule has 1 N–H and O–H groups in total. The first-order valence-electron chi connectivity index (χ1n) is 7.99. The third-order valence-corrected chi connectivity index (χ3v) is 4.61. The zero-order valence-electron chi connectivity index (χ0n) is 13.0. The van der Waals surface area contributed by atoms with Gasteiger partial charge in [-0.15, -0.1) is 11.3 Å². The highest BCUT2D eigenvalue weighted by atomic mass is 32.1. The molecule has 0 radical (unpaired) electrons. The zero-order chi connectivity index (χ0) is 15.9. The first-order chi connectivity index (χ1) is 11.3. The van der Waals surface area contributed by atoms with Crippen molar-refractivity contribution in [2.24, 2.45) is 0 Å². The third kappa shape index (κ3) is 4.73. The Labute approximate surface area is 140 Å². The van der Waals surface area contributed by atoms with E-state index in [9.17, 15) is 4.79 Å². The molecule has 1 aliphatic rings. The van der Waals surface area contributed by atoms with Gasteiger partial charge in [0.25, 0.3) is 0 Å². The smallest absolute Gasteiger partial charge is 0.225 e. The summed E-state index contributed by atoms with van der Waals surface area (Å²) in [5, 5.41) is 4.98. The molecular formula is C18H21NO3S. The van der Waals surface area contributed by atoms with Crippen LogP contribution in [0.15, 0.2) is 35.7 Å². The van der Waals surface area contributed by atoms with Crippen LogP contribution in [0.1, 0.15) is 23.3 Å². The van der Waals surface area contributed by atoms with E-state index in [0.29, 0.717) is 19.6 Å². The molecule has 0 saturated heterocycles. The van der Waals surface area contributed by atoms with Crippen molar-refractivity contribution < 1.29 is 14.3 Å². The van der Waals surface area contributed by atoms with Crippen molar-refractivity contribution in [3.05, 3.63) is 46.2 Å². The van der Waals surface area contributed by atoms with Crippen LogP contribution in [0, 0.1) is 0 Å². The normalized spacial score (nSPS) is 12.9. The molecule has 1 amide bonds. The lowest BCUT2D eigenvalue weighted by atomic mass is 10.1. The van der Waals surface area contributed by atoms with E-state index >= 15 is 0 Å². The lowest BCUT2D eigenvalue weighted by molar-refractivity contribution is -0.120. The van der Waals surface area contributed by atoms with Crippen molar-refractivity contribution in [2.75, 3.05) is 19.8 Å². The summed E-state index contributed by atoms with van der Waals surface area (Å²) in [5.41, 5.74) is 1.25. The fourth-order valence-electron chi connectivity index (χ4n) is 2.56. The highest BCUT2D eigenvalue weighted by Crippen LogP contribution is 2.31. The summed E-state index contributed by atoms with van der Waals surface area (Å²) in [6.45, 7) is 1.97. The second-order valence-corrected chi connectivity index (χ2v) is 6.57. The van der Waals surface area contributed by atoms with Crippen molar-refractivity contribution in [2.45, 2.75) is 25.7 Å². The topological polar surface area (TPSA) is 47.6 Å². The number of hydrogen-bond donors (Lipinski definition) is 1. The van der Waals surface area contributed by atoms with Gasteiger partial charge in [-0.2, -0.15) is 0 Å². The molecule has 1 aromatic carbocycles. The lowest BCUT2D eigenvalue weighted by Gasteiger charge is -2.18. The minimum absolute atomic E-state index is 0.103. The van der Waals surface area contributed by atoms with Crippen LogP contribution < -0.4 is 14.8 Å². The maximum absolute atomic E-state index is 11.8. The fourth-order valence-corrected chi connectivity index (χ4v) is 3.26. The Morgan fingerprint density at radius 1 is 1.13 bits per heavy atom. The second kappa shape index (κ2) is 8.02. The molecular weight excluding hydrogens is 310 g/mol. The van der Waals surface area contributed by atoms with E-state index in [-0.39, 0.29) is 5.91 Å². The summed E-state index contributed by atoms with van der Waals surface area (Å²) in [6, 6.07) is 10.1. The van der Waals surface area contributed by atoms with Gasteiger partial charge < -0.3 is 14.8 Å². The third-order valence-electron chi connectivity index (χ3n) is 3.74. The number of thiophene rings is 1. The molecule has 0 saturated carbocycles. The minimum Gasteiger partial charge on any atom is -0.486 e.